The van der Waals surface area contributed by atoms with E-state index in [1.54, 1.807) is 0 Å². The molecular formula is C15H22N6O2. The van der Waals surface area contributed by atoms with Crippen molar-refractivity contribution in [3.8, 4) is 0 Å². The molecule has 1 fully saturated rings. The van der Waals surface area contributed by atoms with Gasteiger partial charge in [0.25, 0.3) is 11.7 Å². The number of piperidine rings is 1. The van der Waals surface area contributed by atoms with Gasteiger partial charge in [-0.2, -0.15) is 4.98 Å². The third-order valence-electron chi connectivity index (χ3n) is 4.40. The SMILES string of the molecule is Cc1nccn1CCC1CCCCN1Cc1nc(C(N)=O)no1. The predicted molar refractivity (Wildman–Crippen MR) is 82.4 cm³/mol. The normalized spacial score (nSPS) is 19.1. The highest BCUT2D eigenvalue weighted by atomic mass is 16.5. The molecule has 0 bridgehead atoms. The molecule has 1 unspecified atom stereocenters. The number of primary amides is 1. The Morgan fingerprint density at radius 2 is 2.35 bits per heavy atom. The van der Waals surface area contributed by atoms with Crippen molar-refractivity contribution in [1.82, 2.24) is 24.6 Å². The van der Waals surface area contributed by atoms with Crippen LogP contribution in [0.5, 0.6) is 0 Å². The second kappa shape index (κ2) is 6.91. The number of carbonyl (C=O) groups excluding carboxylic acids is 1. The first-order valence-corrected chi connectivity index (χ1v) is 7.97. The second-order valence-corrected chi connectivity index (χ2v) is 5.95. The minimum absolute atomic E-state index is 0.0531. The number of rotatable bonds is 6. The van der Waals surface area contributed by atoms with Crippen LogP contribution in [0.3, 0.4) is 0 Å². The van der Waals surface area contributed by atoms with Crippen LogP contribution in [0.15, 0.2) is 16.9 Å². The lowest BCUT2D eigenvalue weighted by atomic mass is 9.99. The molecule has 0 aromatic carbocycles. The first-order valence-electron chi connectivity index (χ1n) is 7.97. The summed E-state index contributed by atoms with van der Waals surface area (Å²) < 4.78 is 7.30. The highest BCUT2D eigenvalue weighted by Gasteiger charge is 2.24. The maximum absolute atomic E-state index is 11.1. The van der Waals surface area contributed by atoms with E-state index < -0.39 is 5.91 Å². The molecule has 0 spiro atoms. The van der Waals surface area contributed by atoms with Crippen LogP contribution >= 0.6 is 0 Å². The predicted octanol–water partition coefficient (Wildman–Crippen LogP) is 1.12. The van der Waals surface area contributed by atoms with Crippen LogP contribution in [0.1, 0.15) is 48.0 Å². The number of hydrogen-bond acceptors (Lipinski definition) is 6. The maximum Gasteiger partial charge on any atom is 0.290 e. The summed E-state index contributed by atoms with van der Waals surface area (Å²) in [6.45, 7) is 4.53. The van der Waals surface area contributed by atoms with Crippen molar-refractivity contribution in [1.29, 1.82) is 0 Å². The van der Waals surface area contributed by atoms with Gasteiger partial charge in [0.15, 0.2) is 0 Å². The zero-order valence-corrected chi connectivity index (χ0v) is 13.3. The van der Waals surface area contributed by atoms with Crippen LogP contribution in [0.25, 0.3) is 0 Å². The molecule has 8 heteroatoms. The molecule has 124 valence electrons. The number of aryl methyl sites for hydroxylation is 2. The number of imidazole rings is 1. The van der Waals surface area contributed by atoms with Crippen molar-refractivity contribution in [2.75, 3.05) is 6.54 Å². The number of nitrogens with zero attached hydrogens (tertiary/aromatic N) is 5. The molecule has 23 heavy (non-hydrogen) atoms. The molecule has 8 nitrogen and oxygen atoms in total. The van der Waals surface area contributed by atoms with E-state index in [0.717, 1.165) is 38.2 Å². The quantitative estimate of drug-likeness (QED) is 0.856. The molecule has 0 saturated carbocycles. The van der Waals surface area contributed by atoms with E-state index >= 15 is 0 Å². The Kier molecular flexibility index (Phi) is 4.71. The second-order valence-electron chi connectivity index (χ2n) is 5.95. The fourth-order valence-electron chi connectivity index (χ4n) is 3.12. The fourth-order valence-corrected chi connectivity index (χ4v) is 3.12. The summed E-state index contributed by atoms with van der Waals surface area (Å²) in [6.07, 6.45) is 8.45. The Balaban J connectivity index is 1.61. The molecular weight excluding hydrogens is 296 g/mol. The summed E-state index contributed by atoms with van der Waals surface area (Å²) in [4.78, 5) is 21.7. The Morgan fingerprint density at radius 3 is 3.04 bits per heavy atom. The van der Waals surface area contributed by atoms with Gasteiger partial charge >= 0.3 is 0 Å². The molecule has 1 atom stereocenters. The Labute approximate surface area is 134 Å². The average molecular weight is 318 g/mol. The first-order chi connectivity index (χ1) is 11.1. The van der Waals surface area contributed by atoms with E-state index in [-0.39, 0.29) is 5.82 Å². The zero-order valence-electron chi connectivity index (χ0n) is 13.3. The molecule has 1 aliphatic heterocycles. The van der Waals surface area contributed by atoms with Crippen LogP contribution in [0, 0.1) is 6.92 Å². The standard InChI is InChI=1S/C15H22N6O2/c1-11-17-6-9-20(11)8-5-12-4-2-3-7-21(12)10-13-18-15(14(16)22)19-23-13/h6,9,12H,2-5,7-8,10H2,1H3,(H2,16,22). The number of aromatic nitrogens is 4. The van der Waals surface area contributed by atoms with Gasteiger partial charge in [0.05, 0.1) is 6.54 Å². The van der Waals surface area contributed by atoms with Gasteiger partial charge in [-0.05, 0) is 32.7 Å². The van der Waals surface area contributed by atoms with Gasteiger partial charge in [-0.3, -0.25) is 9.69 Å². The minimum Gasteiger partial charge on any atom is -0.363 e. The fraction of sp³-hybridized carbons (Fsp3) is 0.600. The lowest BCUT2D eigenvalue weighted by molar-refractivity contribution is 0.0987. The largest absolute Gasteiger partial charge is 0.363 e. The van der Waals surface area contributed by atoms with Crippen LogP contribution in [0.4, 0.5) is 0 Å². The molecule has 2 N–H and O–H groups in total. The summed E-state index contributed by atoms with van der Waals surface area (Å²) >= 11 is 0. The zero-order chi connectivity index (χ0) is 16.2. The average Bonchev–Trinajstić information content (AvgIpc) is 3.16. The molecule has 3 heterocycles. The van der Waals surface area contributed by atoms with Crippen LogP contribution in [-0.2, 0) is 13.1 Å². The number of nitrogens with two attached hydrogens (primary N) is 1. The van der Waals surface area contributed by atoms with Crippen molar-refractivity contribution >= 4 is 5.91 Å². The molecule has 3 rings (SSSR count). The lowest BCUT2D eigenvalue weighted by Crippen LogP contribution is -2.39. The highest BCUT2D eigenvalue weighted by molar-refractivity contribution is 5.88. The van der Waals surface area contributed by atoms with Crippen molar-refractivity contribution < 1.29 is 9.32 Å². The van der Waals surface area contributed by atoms with Gasteiger partial charge in [-0.25, -0.2) is 4.98 Å². The van der Waals surface area contributed by atoms with E-state index in [2.05, 4.69) is 24.6 Å². The highest BCUT2D eigenvalue weighted by Crippen LogP contribution is 2.22. The van der Waals surface area contributed by atoms with Gasteiger partial charge < -0.3 is 14.8 Å². The molecule has 0 aliphatic carbocycles. The van der Waals surface area contributed by atoms with Gasteiger partial charge in [-0.15, -0.1) is 0 Å². The van der Waals surface area contributed by atoms with Crippen LogP contribution in [-0.4, -0.2) is 43.1 Å². The number of amides is 1. The Hall–Kier alpha value is -2.22. The first kappa shape index (κ1) is 15.7. The summed E-state index contributed by atoms with van der Waals surface area (Å²) in [7, 11) is 0. The van der Waals surface area contributed by atoms with E-state index in [1.807, 2.05) is 19.3 Å². The molecule has 1 amide bonds. The number of likely N-dealkylation sites (tertiary alicyclic amines) is 1. The van der Waals surface area contributed by atoms with Crippen LogP contribution < -0.4 is 5.73 Å². The topological polar surface area (TPSA) is 103 Å². The number of carbonyl (C=O) groups is 1. The third-order valence-corrected chi connectivity index (χ3v) is 4.40. The molecule has 2 aromatic heterocycles. The van der Waals surface area contributed by atoms with E-state index in [4.69, 9.17) is 10.3 Å². The summed E-state index contributed by atoms with van der Waals surface area (Å²) in [6, 6.07) is 0.467. The van der Waals surface area contributed by atoms with Crippen molar-refractivity contribution in [2.24, 2.45) is 5.73 Å². The van der Waals surface area contributed by atoms with Gasteiger partial charge in [-0.1, -0.05) is 11.6 Å². The van der Waals surface area contributed by atoms with Crippen LogP contribution in [0.2, 0.25) is 0 Å². The number of hydrogen-bond donors (Lipinski definition) is 1. The summed E-state index contributed by atoms with van der Waals surface area (Å²) in [5.41, 5.74) is 5.16. The molecule has 0 radical (unpaired) electrons. The van der Waals surface area contributed by atoms with Crippen molar-refractivity contribution in [3.05, 3.63) is 29.9 Å². The molecule has 2 aromatic rings. The molecule has 1 saturated heterocycles. The van der Waals surface area contributed by atoms with E-state index in [1.165, 1.54) is 6.42 Å². The minimum atomic E-state index is -0.661. The van der Waals surface area contributed by atoms with Gasteiger partial charge in [0, 0.05) is 25.0 Å². The van der Waals surface area contributed by atoms with Gasteiger partial charge in [0.2, 0.25) is 5.89 Å². The van der Waals surface area contributed by atoms with Crippen molar-refractivity contribution in [3.63, 3.8) is 0 Å². The van der Waals surface area contributed by atoms with E-state index in [0.29, 0.717) is 18.5 Å². The molecule has 1 aliphatic rings. The third kappa shape index (κ3) is 3.76. The summed E-state index contributed by atoms with van der Waals surface area (Å²) in [5.74, 6) is 0.772. The Morgan fingerprint density at radius 1 is 1.48 bits per heavy atom. The van der Waals surface area contributed by atoms with Crippen molar-refractivity contribution in [2.45, 2.75) is 51.7 Å². The maximum atomic E-state index is 11.1. The van der Waals surface area contributed by atoms with Gasteiger partial charge in [0.1, 0.15) is 5.82 Å². The smallest absolute Gasteiger partial charge is 0.290 e. The Bertz CT molecular complexity index is 664. The monoisotopic (exact) mass is 318 g/mol. The lowest BCUT2D eigenvalue weighted by Gasteiger charge is -2.34. The summed E-state index contributed by atoms with van der Waals surface area (Å²) in [5, 5.41) is 3.60. The van der Waals surface area contributed by atoms with E-state index in [9.17, 15) is 4.79 Å².